The van der Waals surface area contributed by atoms with Gasteiger partial charge >= 0.3 is 11.9 Å². The normalized spacial score (nSPS) is 31.4. The second kappa shape index (κ2) is 8.45. The van der Waals surface area contributed by atoms with E-state index in [9.17, 15) is 9.59 Å². The molecule has 4 heteroatoms. The van der Waals surface area contributed by atoms with E-state index in [0.29, 0.717) is 23.7 Å². The SMILES string of the molecule is CCC(C)C(=O)OC1C2CC3CC1CC(C2)C3C(=O)OC(C)(C)c1ccc2ccccc2c1. The third kappa shape index (κ3) is 4.06. The number of esters is 2. The number of fused-ring (bicyclic) bond motifs is 1. The fourth-order valence-electron chi connectivity index (χ4n) is 6.77. The van der Waals surface area contributed by atoms with Gasteiger partial charge in [0.25, 0.3) is 0 Å². The highest BCUT2D eigenvalue weighted by Crippen LogP contribution is 2.58. The van der Waals surface area contributed by atoms with Crippen LogP contribution in [0.1, 0.15) is 65.4 Å². The molecule has 33 heavy (non-hydrogen) atoms. The van der Waals surface area contributed by atoms with Gasteiger partial charge in [0.05, 0.1) is 11.8 Å². The van der Waals surface area contributed by atoms with Gasteiger partial charge in [-0.05, 0) is 92.0 Å². The average molecular weight is 449 g/mol. The summed E-state index contributed by atoms with van der Waals surface area (Å²) in [5.74, 6) is 1.34. The molecule has 0 amide bonds. The van der Waals surface area contributed by atoms with Crippen molar-refractivity contribution in [3.05, 3.63) is 48.0 Å². The van der Waals surface area contributed by atoms with Crippen molar-refractivity contribution in [2.24, 2.45) is 35.5 Å². The molecule has 0 heterocycles. The lowest BCUT2D eigenvalue weighted by atomic mass is 9.50. The number of benzene rings is 2. The van der Waals surface area contributed by atoms with Crippen LogP contribution in [0.25, 0.3) is 10.8 Å². The van der Waals surface area contributed by atoms with E-state index in [4.69, 9.17) is 9.47 Å². The molecule has 176 valence electrons. The summed E-state index contributed by atoms with van der Waals surface area (Å²) in [5, 5.41) is 2.35. The zero-order valence-corrected chi connectivity index (χ0v) is 20.3. The Hall–Kier alpha value is -2.36. The summed E-state index contributed by atoms with van der Waals surface area (Å²) in [6.45, 7) is 7.96. The molecule has 2 aromatic rings. The van der Waals surface area contributed by atoms with E-state index in [0.717, 1.165) is 43.1 Å². The van der Waals surface area contributed by atoms with Crippen LogP contribution in [0.2, 0.25) is 0 Å². The first-order chi connectivity index (χ1) is 15.8. The predicted octanol–water partition coefficient (Wildman–Crippen LogP) is 6.26. The van der Waals surface area contributed by atoms with Crippen LogP contribution in [0.15, 0.2) is 42.5 Å². The van der Waals surface area contributed by atoms with Gasteiger partial charge in [-0.3, -0.25) is 9.59 Å². The van der Waals surface area contributed by atoms with Gasteiger partial charge in [0, 0.05) is 0 Å². The number of hydrogen-bond donors (Lipinski definition) is 0. The Kier molecular flexibility index (Phi) is 5.74. The minimum absolute atomic E-state index is 0.0246. The fourth-order valence-corrected chi connectivity index (χ4v) is 6.77. The molecule has 0 aromatic heterocycles. The van der Waals surface area contributed by atoms with E-state index < -0.39 is 5.60 Å². The molecular formula is C29H36O4. The molecule has 0 radical (unpaired) electrons. The molecule has 2 aromatic carbocycles. The maximum Gasteiger partial charge on any atom is 0.310 e. The molecule has 4 aliphatic carbocycles. The summed E-state index contributed by atoms with van der Waals surface area (Å²) < 4.78 is 12.2. The Bertz CT molecular complexity index is 1020. The summed E-state index contributed by atoms with van der Waals surface area (Å²) in [4.78, 5) is 25.9. The standard InChI is InChI=1S/C29H36O4/c1-5-17(2)27(30)32-26-22-12-20-13-23(26)15-21(14-22)25(20)28(31)33-29(3,4)24-11-10-18-8-6-7-9-19(18)16-24/h6-11,16-17,20-23,25-26H,5,12-15H2,1-4H3. The molecule has 0 saturated heterocycles. The molecule has 1 atom stereocenters. The summed E-state index contributed by atoms with van der Waals surface area (Å²) in [6.07, 6.45) is 4.75. The molecule has 4 bridgehead atoms. The van der Waals surface area contributed by atoms with Crippen molar-refractivity contribution in [1.29, 1.82) is 0 Å². The van der Waals surface area contributed by atoms with Gasteiger partial charge in [-0.2, -0.15) is 0 Å². The van der Waals surface area contributed by atoms with Crippen LogP contribution in [0, 0.1) is 35.5 Å². The first kappa shape index (κ1) is 22.4. The molecular weight excluding hydrogens is 412 g/mol. The summed E-state index contributed by atoms with van der Waals surface area (Å²) in [6, 6.07) is 14.6. The van der Waals surface area contributed by atoms with E-state index in [1.807, 2.05) is 39.8 Å². The van der Waals surface area contributed by atoms with Gasteiger partial charge in [-0.25, -0.2) is 0 Å². The lowest BCUT2D eigenvalue weighted by Crippen LogP contribution is -2.56. The largest absolute Gasteiger partial charge is 0.462 e. The number of ether oxygens (including phenoxy) is 2. The molecule has 0 aliphatic heterocycles. The minimum Gasteiger partial charge on any atom is -0.462 e. The molecule has 4 fully saturated rings. The van der Waals surface area contributed by atoms with Crippen molar-refractivity contribution < 1.29 is 19.1 Å². The Labute approximate surface area is 197 Å². The van der Waals surface area contributed by atoms with Crippen molar-refractivity contribution >= 4 is 22.7 Å². The zero-order valence-electron chi connectivity index (χ0n) is 20.3. The van der Waals surface area contributed by atoms with Gasteiger partial charge in [0.15, 0.2) is 0 Å². The van der Waals surface area contributed by atoms with Crippen molar-refractivity contribution in [3.8, 4) is 0 Å². The van der Waals surface area contributed by atoms with Gasteiger partial charge in [0.2, 0.25) is 0 Å². The molecule has 0 N–H and O–H groups in total. The topological polar surface area (TPSA) is 52.6 Å². The Morgan fingerprint density at radius 3 is 2.15 bits per heavy atom. The highest BCUT2D eigenvalue weighted by molar-refractivity contribution is 5.83. The van der Waals surface area contributed by atoms with E-state index in [1.165, 1.54) is 5.39 Å². The average Bonchev–Trinajstić information content (AvgIpc) is 2.79. The van der Waals surface area contributed by atoms with Crippen LogP contribution in [0.4, 0.5) is 0 Å². The molecule has 4 aliphatic rings. The molecule has 6 rings (SSSR count). The van der Waals surface area contributed by atoms with Gasteiger partial charge in [0.1, 0.15) is 11.7 Å². The third-order valence-electron chi connectivity index (χ3n) is 8.71. The Balaban J connectivity index is 1.27. The third-order valence-corrected chi connectivity index (χ3v) is 8.71. The maximum atomic E-state index is 13.5. The second-order valence-corrected chi connectivity index (χ2v) is 11.2. The highest BCUT2D eigenvalue weighted by Gasteiger charge is 2.57. The zero-order chi connectivity index (χ0) is 23.3. The first-order valence-corrected chi connectivity index (χ1v) is 12.7. The summed E-state index contributed by atoms with van der Waals surface area (Å²) in [7, 11) is 0. The first-order valence-electron chi connectivity index (χ1n) is 12.7. The van der Waals surface area contributed by atoms with Crippen molar-refractivity contribution in [2.45, 2.75) is 71.5 Å². The van der Waals surface area contributed by atoms with Gasteiger partial charge in [-0.15, -0.1) is 0 Å². The van der Waals surface area contributed by atoms with Gasteiger partial charge < -0.3 is 9.47 Å². The highest BCUT2D eigenvalue weighted by atomic mass is 16.6. The van der Waals surface area contributed by atoms with Crippen LogP contribution in [-0.4, -0.2) is 18.0 Å². The van der Waals surface area contributed by atoms with Crippen molar-refractivity contribution in [3.63, 3.8) is 0 Å². The lowest BCUT2D eigenvalue weighted by Gasteiger charge is -2.56. The summed E-state index contributed by atoms with van der Waals surface area (Å²) in [5.41, 5.74) is 0.347. The monoisotopic (exact) mass is 448 g/mol. The number of carbonyl (C=O) groups is 2. The maximum absolute atomic E-state index is 13.5. The molecule has 4 saturated carbocycles. The lowest BCUT2D eigenvalue weighted by molar-refractivity contribution is -0.195. The fraction of sp³-hybridized carbons (Fsp3) is 0.586. The Morgan fingerprint density at radius 2 is 1.55 bits per heavy atom. The van der Waals surface area contributed by atoms with E-state index in [1.54, 1.807) is 0 Å². The van der Waals surface area contributed by atoms with Crippen LogP contribution in [0.5, 0.6) is 0 Å². The van der Waals surface area contributed by atoms with Crippen molar-refractivity contribution in [1.82, 2.24) is 0 Å². The number of rotatable bonds is 6. The Morgan fingerprint density at radius 1 is 0.939 bits per heavy atom. The van der Waals surface area contributed by atoms with Crippen LogP contribution < -0.4 is 0 Å². The van der Waals surface area contributed by atoms with Crippen LogP contribution in [0.3, 0.4) is 0 Å². The second-order valence-electron chi connectivity index (χ2n) is 11.2. The quantitative estimate of drug-likeness (QED) is 0.490. The smallest absolute Gasteiger partial charge is 0.310 e. The molecule has 4 nitrogen and oxygen atoms in total. The van der Waals surface area contributed by atoms with E-state index in [2.05, 4.69) is 30.3 Å². The molecule has 0 spiro atoms. The minimum atomic E-state index is -0.676. The van der Waals surface area contributed by atoms with Crippen LogP contribution in [-0.2, 0) is 24.7 Å². The number of hydrogen-bond acceptors (Lipinski definition) is 4. The van der Waals surface area contributed by atoms with Crippen molar-refractivity contribution in [2.75, 3.05) is 0 Å². The van der Waals surface area contributed by atoms with Gasteiger partial charge in [-0.1, -0.05) is 50.2 Å². The molecule has 1 unspecified atom stereocenters. The van der Waals surface area contributed by atoms with E-state index >= 15 is 0 Å². The van der Waals surface area contributed by atoms with E-state index in [-0.39, 0.29) is 29.9 Å². The number of carbonyl (C=O) groups excluding carboxylic acids is 2. The van der Waals surface area contributed by atoms with Crippen LogP contribution >= 0.6 is 0 Å². The predicted molar refractivity (Wildman–Crippen MR) is 128 cm³/mol. The summed E-state index contributed by atoms with van der Waals surface area (Å²) >= 11 is 0.